The van der Waals surface area contributed by atoms with E-state index in [4.69, 9.17) is 0 Å². The Kier molecular flexibility index (Phi) is 4.87. The van der Waals surface area contributed by atoms with Gasteiger partial charge >= 0.3 is 6.18 Å². The molecule has 0 aromatic rings. The van der Waals surface area contributed by atoms with Crippen molar-refractivity contribution in [1.82, 2.24) is 4.90 Å². The molecular formula is C14H24F3NO3. The second-order valence-electron chi connectivity index (χ2n) is 6.95. The van der Waals surface area contributed by atoms with Crippen LogP contribution in [0.25, 0.3) is 0 Å². The summed E-state index contributed by atoms with van der Waals surface area (Å²) in [5, 5.41) is 28.9. The first-order valence-electron chi connectivity index (χ1n) is 7.44. The van der Waals surface area contributed by atoms with Gasteiger partial charge in [0.25, 0.3) is 0 Å². The summed E-state index contributed by atoms with van der Waals surface area (Å²) in [5.74, 6) is -1.20. The van der Waals surface area contributed by atoms with Gasteiger partial charge in [-0.3, -0.25) is 4.90 Å². The van der Waals surface area contributed by atoms with Crippen LogP contribution in [0.4, 0.5) is 13.2 Å². The predicted molar refractivity (Wildman–Crippen MR) is 70.6 cm³/mol. The fraction of sp³-hybridized carbons (Fsp3) is 1.00. The Morgan fingerprint density at radius 1 is 1.05 bits per heavy atom. The molecule has 0 aromatic carbocycles. The summed E-state index contributed by atoms with van der Waals surface area (Å²) in [7, 11) is 0. The third-order valence-electron chi connectivity index (χ3n) is 4.94. The minimum atomic E-state index is -4.11. The minimum absolute atomic E-state index is 0.140. The molecular weight excluding hydrogens is 287 g/mol. The number of hydrogen-bond donors (Lipinski definition) is 3. The summed E-state index contributed by atoms with van der Waals surface area (Å²) < 4.78 is 38.1. The van der Waals surface area contributed by atoms with Crippen LogP contribution in [0.1, 0.15) is 32.6 Å². The molecule has 1 aliphatic heterocycles. The van der Waals surface area contributed by atoms with Crippen molar-refractivity contribution in [3.8, 4) is 0 Å². The number of β-amino-alcohol motifs (C(OH)–C–C–N with tert-alkyl or cyclic N) is 2. The van der Waals surface area contributed by atoms with Crippen molar-refractivity contribution < 1.29 is 28.5 Å². The smallest absolute Gasteiger partial charge is 0.389 e. The Morgan fingerprint density at radius 2 is 1.52 bits per heavy atom. The van der Waals surface area contributed by atoms with Crippen LogP contribution in [-0.2, 0) is 0 Å². The maximum Gasteiger partial charge on any atom is 0.391 e. The van der Waals surface area contributed by atoms with Gasteiger partial charge in [0.2, 0.25) is 0 Å². The van der Waals surface area contributed by atoms with E-state index in [0.29, 0.717) is 19.4 Å². The standard InChI is InChI=1S/C14H24F3NO3/c1-13(4-2-9(3-5-13)14(15,16)17)8-18-6-10(19)12(21)11(20)7-18/h9-12,19-21H,2-8H2,1H3. The maximum absolute atomic E-state index is 12.7. The highest BCUT2D eigenvalue weighted by Crippen LogP contribution is 2.45. The number of aliphatic hydroxyl groups excluding tert-OH is 3. The van der Waals surface area contributed by atoms with Crippen LogP contribution in [0.15, 0.2) is 0 Å². The fourth-order valence-electron chi connectivity index (χ4n) is 3.55. The lowest BCUT2D eigenvalue weighted by Gasteiger charge is -2.44. The van der Waals surface area contributed by atoms with Crippen molar-refractivity contribution in [3.05, 3.63) is 0 Å². The van der Waals surface area contributed by atoms with Crippen molar-refractivity contribution in [3.63, 3.8) is 0 Å². The van der Waals surface area contributed by atoms with E-state index in [1.54, 1.807) is 0 Å². The van der Waals surface area contributed by atoms with E-state index in [1.165, 1.54) is 0 Å². The van der Waals surface area contributed by atoms with E-state index in [0.717, 1.165) is 0 Å². The number of hydrogen-bond acceptors (Lipinski definition) is 4. The molecule has 3 N–H and O–H groups in total. The summed E-state index contributed by atoms with van der Waals surface area (Å²) in [6.07, 6.45) is -6.01. The van der Waals surface area contributed by atoms with Gasteiger partial charge in [-0.25, -0.2) is 0 Å². The third kappa shape index (κ3) is 4.09. The first-order valence-corrected chi connectivity index (χ1v) is 7.44. The molecule has 2 aliphatic rings. The number of piperidine rings is 1. The van der Waals surface area contributed by atoms with Gasteiger partial charge in [0, 0.05) is 19.6 Å². The molecule has 0 amide bonds. The SMILES string of the molecule is CC1(CN2CC(O)C(O)C(O)C2)CCC(C(F)(F)F)CC1. The number of aliphatic hydroxyl groups is 3. The predicted octanol–water partition coefficient (Wildman–Crippen LogP) is 1.14. The van der Waals surface area contributed by atoms with Crippen LogP contribution in [0.3, 0.4) is 0 Å². The zero-order chi connectivity index (χ0) is 15.8. The number of nitrogens with zero attached hydrogens (tertiary/aromatic N) is 1. The summed E-state index contributed by atoms with van der Waals surface area (Å²) in [6, 6.07) is 0. The molecule has 2 unspecified atom stereocenters. The highest BCUT2D eigenvalue weighted by atomic mass is 19.4. The first kappa shape index (κ1) is 17.0. The number of likely N-dealkylation sites (tertiary alicyclic amines) is 1. The fourth-order valence-corrected chi connectivity index (χ4v) is 3.55. The average Bonchev–Trinajstić information content (AvgIpc) is 2.34. The maximum atomic E-state index is 12.7. The summed E-state index contributed by atoms with van der Waals surface area (Å²) >= 11 is 0. The molecule has 0 radical (unpaired) electrons. The lowest BCUT2D eigenvalue weighted by molar-refractivity contribution is -0.188. The van der Waals surface area contributed by atoms with Gasteiger partial charge in [0.15, 0.2) is 0 Å². The lowest BCUT2D eigenvalue weighted by atomic mass is 9.71. The van der Waals surface area contributed by atoms with Crippen LogP contribution >= 0.6 is 0 Å². The van der Waals surface area contributed by atoms with Gasteiger partial charge in [-0.1, -0.05) is 6.92 Å². The van der Waals surface area contributed by atoms with Crippen molar-refractivity contribution in [2.24, 2.45) is 11.3 Å². The Labute approximate surface area is 122 Å². The lowest BCUT2D eigenvalue weighted by Crippen LogP contribution is -2.57. The number of rotatable bonds is 2. The molecule has 4 nitrogen and oxygen atoms in total. The second kappa shape index (κ2) is 6.02. The Balaban J connectivity index is 1.89. The summed E-state index contributed by atoms with van der Waals surface area (Å²) in [4.78, 5) is 1.84. The zero-order valence-corrected chi connectivity index (χ0v) is 12.2. The second-order valence-corrected chi connectivity index (χ2v) is 6.95. The molecule has 0 aromatic heterocycles. The average molecular weight is 311 g/mol. The molecule has 124 valence electrons. The van der Waals surface area contributed by atoms with Crippen LogP contribution in [0.5, 0.6) is 0 Å². The molecule has 1 heterocycles. The van der Waals surface area contributed by atoms with E-state index < -0.39 is 30.4 Å². The number of alkyl halides is 3. The van der Waals surface area contributed by atoms with Gasteiger partial charge in [-0.15, -0.1) is 0 Å². The molecule has 2 fully saturated rings. The van der Waals surface area contributed by atoms with E-state index in [-0.39, 0.29) is 31.3 Å². The van der Waals surface area contributed by atoms with Gasteiger partial charge in [0.1, 0.15) is 6.10 Å². The monoisotopic (exact) mass is 311 g/mol. The summed E-state index contributed by atoms with van der Waals surface area (Å²) in [6.45, 7) is 2.99. The van der Waals surface area contributed by atoms with Crippen molar-refractivity contribution in [1.29, 1.82) is 0 Å². The summed E-state index contributed by atoms with van der Waals surface area (Å²) in [5.41, 5.74) is -0.233. The molecule has 0 spiro atoms. The molecule has 2 rings (SSSR count). The molecule has 1 saturated heterocycles. The largest absolute Gasteiger partial charge is 0.391 e. The van der Waals surface area contributed by atoms with Crippen LogP contribution in [-0.4, -0.2) is 64.3 Å². The molecule has 2 atom stereocenters. The van der Waals surface area contributed by atoms with E-state index in [1.807, 2.05) is 11.8 Å². The topological polar surface area (TPSA) is 63.9 Å². The van der Waals surface area contributed by atoms with Gasteiger partial charge in [0.05, 0.1) is 18.1 Å². The van der Waals surface area contributed by atoms with Crippen LogP contribution < -0.4 is 0 Å². The first-order chi connectivity index (χ1) is 9.61. The van der Waals surface area contributed by atoms with Crippen LogP contribution in [0.2, 0.25) is 0 Å². The highest BCUT2D eigenvalue weighted by Gasteiger charge is 2.45. The van der Waals surface area contributed by atoms with Gasteiger partial charge < -0.3 is 15.3 Å². The Morgan fingerprint density at radius 3 is 1.95 bits per heavy atom. The van der Waals surface area contributed by atoms with E-state index >= 15 is 0 Å². The highest BCUT2D eigenvalue weighted by molar-refractivity contribution is 4.92. The molecule has 7 heteroatoms. The molecule has 1 saturated carbocycles. The van der Waals surface area contributed by atoms with Crippen molar-refractivity contribution in [2.75, 3.05) is 19.6 Å². The quantitative estimate of drug-likeness (QED) is 0.716. The van der Waals surface area contributed by atoms with Gasteiger partial charge in [-0.05, 0) is 31.1 Å². The molecule has 0 bridgehead atoms. The number of halogens is 3. The van der Waals surface area contributed by atoms with Gasteiger partial charge in [-0.2, -0.15) is 13.2 Å². The third-order valence-corrected chi connectivity index (χ3v) is 4.94. The van der Waals surface area contributed by atoms with E-state index in [9.17, 15) is 28.5 Å². The minimum Gasteiger partial charge on any atom is -0.389 e. The van der Waals surface area contributed by atoms with Crippen molar-refractivity contribution in [2.45, 2.75) is 57.1 Å². The Bertz CT molecular complexity index is 344. The Hall–Kier alpha value is -0.370. The normalized spacial score (nSPS) is 43.0. The molecule has 1 aliphatic carbocycles. The molecule has 21 heavy (non-hydrogen) atoms. The van der Waals surface area contributed by atoms with Crippen molar-refractivity contribution >= 4 is 0 Å². The zero-order valence-electron chi connectivity index (χ0n) is 12.2. The van der Waals surface area contributed by atoms with E-state index in [2.05, 4.69) is 0 Å². The van der Waals surface area contributed by atoms with Crippen LogP contribution in [0, 0.1) is 11.3 Å².